The van der Waals surface area contributed by atoms with Gasteiger partial charge in [0, 0.05) is 22.0 Å². The van der Waals surface area contributed by atoms with E-state index in [0.29, 0.717) is 16.3 Å². The number of rotatable bonds is 6. The Morgan fingerprint density at radius 1 is 1.09 bits per heavy atom. The third-order valence-corrected chi connectivity index (χ3v) is 5.01. The predicted octanol–water partition coefficient (Wildman–Crippen LogP) is 3.99. The van der Waals surface area contributed by atoms with Gasteiger partial charge in [0.15, 0.2) is 0 Å². The van der Waals surface area contributed by atoms with Crippen molar-refractivity contribution in [3.63, 3.8) is 0 Å². The number of halogens is 4. The standard InChI is InChI=1S/C22H16ClF3N6O2/c23-15-6-3-5-13(8-15)19(30-18(33)11-32-12-28-21(31-32)22(24,25)26)20(34)29-17-10-27-9-14-4-1-2-7-16(14)17/h1-10,12,19H,11H2,(H,29,34)(H,30,33). The number of nitrogens with zero attached hydrogens (tertiary/aromatic N) is 4. The SMILES string of the molecule is O=C(Cn1cnc(C(F)(F)F)n1)NC(C(=O)Nc1cncc2ccccc12)c1cccc(Cl)c1. The van der Waals surface area contributed by atoms with Gasteiger partial charge < -0.3 is 10.6 Å². The van der Waals surface area contributed by atoms with Crippen LogP contribution in [-0.4, -0.2) is 31.6 Å². The van der Waals surface area contributed by atoms with Crippen LogP contribution in [0.1, 0.15) is 17.4 Å². The second kappa shape index (κ2) is 9.48. The molecule has 2 N–H and O–H groups in total. The third-order valence-electron chi connectivity index (χ3n) is 4.77. The number of carbonyl (C=O) groups is 2. The van der Waals surface area contributed by atoms with Gasteiger partial charge in [-0.2, -0.15) is 13.2 Å². The summed E-state index contributed by atoms with van der Waals surface area (Å²) in [5, 5.41) is 10.4. The average Bonchev–Trinajstić information content (AvgIpc) is 3.27. The zero-order valence-electron chi connectivity index (χ0n) is 17.3. The van der Waals surface area contributed by atoms with E-state index in [-0.39, 0.29) is 0 Å². The van der Waals surface area contributed by atoms with Crippen LogP contribution in [0.2, 0.25) is 5.02 Å². The smallest absolute Gasteiger partial charge is 0.339 e. The molecule has 0 aliphatic rings. The van der Waals surface area contributed by atoms with Crippen molar-refractivity contribution < 1.29 is 22.8 Å². The van der Waals surface area contributed by atoms with Crippen LogP contribution < -0.4 is 10.6 Å². The maximum Gasteiger partial charge on any atom is 0.453 e. The van der Waals surface area contributed by atoms with Gasteiger partial charge in [-0.15, -0.1) is 5.10 Å². The Morgan fingerprint density at radius 2 is 1.88 bits per heavy atom. The number of hydrogen-bond donors (Lipinski definition) is 2. The summed E-state index contributed by atoms with van der Waals surface area (Å²) in [6, 6.07) is 12.4. The number of alkyl halides is 3. The highest BCUT2D eigenvalue weighted by atomic mass is 35.5. The predicted molar refractivity (Wildman–Crippen MR) is 118 cm³/mol. The van der Waals surface area contributed by atoms with E-state index in [0.717, 1.165) is 21.8 Å². The van der Waals surface area contributed by atoms with Gasteiger partial charge in [-0.05, 0) is 17.7 Å². The second-order valence-electron chi connectivity index (χ2n) is 7.22. The van der Waals surface area contributed by atoms with Crippen LogP contribution in [0.15, 0.2) is 67.3 Å². The number of carbonyl (C=O) groups excluding carboxylic acids is 2. The van der Waals surface area contributed by atoms with E-state index >= 15 is 0 Å². The highest BCUT2D eigenvalue weighted by molar-refractivity contribution is 6.30. The van der Waals surface area contributed by atoms with Crippen LogP contribution in [0, 0.1) is 0 Å². The molecule has 2 aromatic heterocycles. The van der Waals surface area contributed by atoms with Crippen molar-refractivity contribution in [3.8, 4) is 0 Å². The molecule has 0 radical (unpaired) electrons. The van der Waals surface area contributed by atoms with Gasteiger partial charge in [0.25, 0.3) is 11.7 Å². The molecule has 0 aliphatic carbocycles. The number of aromatic nitrogens is 4. The topological polar surface area (TPSA) is 102 Å². The molecule has 34 heavy (non-hydrogen) atoms. The molecule has 2 aromatic carbocycles. The minimum Gasteiger partial charge on any atom is -0.339 e. The van der Waals surface area contributed by atoms with E-state index in [2.05, 4.69) is 25.7 Å². The van der Waals surface area contributed by atoms with Gasteiger partial charge in [0.05, 0.1) is 11.9 Å². The van der Waals surface area contributed by atoms with Gasteiger partial charge >= 0.3 is 6.18 Å². The van der Waals surface area contributed by atoms with Crippen molar-refractivity contribution in [2.75, 3.05) is 5.32 Å². The molecule has 0 aliphatic heterocycles. The third kappa shape index (κ3) is 5.31. The first-order valence-electron chi connectivity index (χ1n) is 9.86. The van der Waals surface area contributed by atoms with Crippen molar-refractivity contribution in [1.29, 1.82) is 0 Å². The average molecular weight is 489 g/mol. The largest absolute Gasteiger partial charge is 0.453 e. The van der Waals surface area contributed by atoms with Crippen LogP contribution in [0.4, 0.5) is 18.9 Å². The maximum absolute atomic E-state index is 13.2. The number of nitrogens with one attached hydrogen (secondary N) is 2. The van der Waals surface area contributed by atoms with Crippen LogP contribution >= 0.6 is 11.6 Å². The summed E-state index contributed by atoms with van der Waals surface area (Å²) in [6.07, 6.45) is -0.824. The van der Waals surface area contributed by atoms with Gasteiger partial charge in [0.1, 0.15) is 18.9 Å². The Labute approximate surface area is 195 Å². The lowest BCUT2D eigenvalue weighted by Gasteiger charge is -2.19. The lowest BCUT2D eigenvalue weighted by Crippen LogP contribution is -2.38. The molecular weight excluding hydrogens is 473 g/mol. The molecule has 4 aromatic rings. The van der Waals surface area contributed by atoms with E-state index in [1.807, 2.05) is 24.3 Å². The van der Waals surface area contributed by atoms with Gasteiger partial charge in [-0.3, -0.25) is 14.6 Å². The van der Waals surface area contributed by atoms with E-state index in [1.165, 1.54) is 12.3 Å². The van der Waals surface area contributed by atoms with Crippen molar-refractivity contribution in [3.05, 3.63) is 83.7 Å². The fourth-order valence-electron chi connectivity index (χ4n) is 3.26. The monoisotopic (exact) mass is 488 g/mol. The number of pyridine rings is 1. The maximum atomic E-state index is 13.2. The quantitative estimate of drug-likeness (QED) is 0.427. The fourth-order valence-corrected chi connectivity index (χ4v) is 3.46. The summed E-state index contributed by atoms with van der Waals surface area (Å²) in [5.74, 6) is -2.72. The molecule has 0 saturated carbocycles. The molecule has 174 valence electrons. The number of hydrogen-bond acceptors (Lipinski definition) is 5. The second-order valence-corrected chi connectivity index (χ2v) is 7.65. The molecule has 2 amide bonds. The van der Waals surface area contributed by atoms with Crippen LogP contribution in [0.3, 0.4) is 0 Å². The highest BCUT2D eigenvalue weighted by Gasteiger charge is 2.36. The highest BCUT2D eigenvalue weighted by Crippen LogP contribution is 2.26. The first-order chi connectivity index (χ1) is 16.2. The molecule has 1 atom stereocenters. The van der Waals surface area contributed by atoms with E-state index in [4.69, 9.17) is 11.6 Å². The number of amides is 2. The van der Waals surface area contributed by atoms with Crippen molar-refractivity contribution in [2.24, 2.45) is 0 Å². The summed E-state index contributed by atoms with van der Waals surface area (Å²) in [5.41, 5.74) is 0.802. The molecule has 0 spiro atoms. The van der Waals surface area contributed by atoms with E-state index in [1.54, 1.807) is 24.4 Å². The lowest BCUT2D eigenvalue weighted by atomic mass is 10.1. The Bertz CT molecular complexity index is 1350. The summed E-state index contributed by atoms with van der Waals surface area (Å²) >= 11 is 6.06. The Balaban J connectivity index is 1.57. The van der Waals surface area contributed by atoms with Crippen molar-refractivity contribution in [1.82, 2.24) is 25.1 Å². The number of benzene rings is 2. The molecule has 12 heteroatoms. The van der Waals surface area contributed by atoms with Crippen LogP contribution in [-0.2, 0) is 22.3 Å². The Hall–Kier alpha value is -3.99. The zero-order valence-corrected chi connectivity index (χ0v) is 18.0. The summed E-state index contributed by atoms with van der Waals surface area (Å²) in [7, 11) is 0. The molecule has 1 unspecified atom stereocenters. The summed E-state index contributed by atoms with van der Waals surface area (Å²) in [4.78, 5) is 33.1. The molecular formula is C22H16ClF3N6O2. The first kappa shape index (κ1) is 23.2. The fraction of sp³-hybridized carbons (Fsp3) is 0.136. The van der Waals surface area contributed by atoms with Crippen molar-refractivity contribution >= 4 is 39.9 Å². The minimum atomic E-state index is -4.74. The number of anilines is 1. The number of fused-ring (bicyclic) bond motifs is 1. The minimum absolute atomic E-state index is 0.336. The molecule has 4 rings (SSSR count). The van der Waals surface area contributed by atoms with Crippen LogP contribution in [0.25, 0.3) is 10.8 Å². The van der Waals surface area contributed by atoms with E-state index in [9.17, 15) is 22.8 Å². The van der Waals surface area contributed by atoms with Gasteiger partial charge in [0.2, 0.25) is 5.91 Å². The van der Waals surface area contributed by atoms with Crippen LogP contribution in [0.5, 0.6) is 0 Å². The van der Waals surface area contributed by atoms with Gasteiger partial charge in [-0.25, -0.2) is 9.67 Å². The molecule has 8 nitrogen and oxygen atoms in total. The summed E-state index contributed by atoms with van der Waals surface area (Å²) in [6.45, 7) is -0.580. The molecule has 0 fully saturated rings. The van der Waals surface area contributed by atoms with Crippen molar-refractivity contribution in [2.45, 2.75) is 18.8 Å². The zero-order chi connectivity index (χ0) is 24.3. The molecule has 0 bridgehead atoms. The first-order valence-corrected chi connectivity index (χ1v) is 10.2. The Morgan fingerprint density at radius 3 is 2.62 bits per heavy atom. The van der Waals surface area contributed by atoms with Gasteiger partial charge in [-0.1, -0.05) is 48.0 Å². The van der Waals surface area contributed by atoms with E-state index < -0.39 is 36.4 Å². The molecule has 2 heterocycles. The lowest BCUT2D eigenvalue weighted by molar-refractivity contribution is -0.145. The summed E-state index contributed by atoms with van der Waals surface area (Å²) < 4.78 is 38.9. The normalized spacial score (nSPS) is 12.4. The molecule has 0 saturated heterocycles. The Kier molecular flexibility index (Phi) is 6.46.